The van der Waals surface area contributed by atoms with E-state index in [1.807, 2.05) is 6.07 Å². The van der Waals surface area contributed by atoms with Gasteiger partial charge in [0.05, 0.1) is 6.10 Å². The van der Waals surface area contributed by atoms with E-state index >= 15 is 0 Å². The van der Waals surface area contributed by atoms with Crippen LogP contribution in [0.15, 0.2) is 35.7 Å². The predicted molar refractivity (Wildman–Crippen MR) is 62.2 cm³/mol. The number of aliphatic hydroxyl groups is 1. The lowest BCUT2D eigenvalue weighted by Crippen LogP contribution is -1.99. The molecule has 1 aliphatic carbocycles. The van der Waals surface area contributed by atoms with Crippen molar-refractivity contribution in [2.75, 3.05) is 0 Å². The third-order valence-electron chi connectivity index (χ3n) is 3.02. The van der Waals surface area contributed by atoms with Gasteiger partial charge in [-0.15, -0.1) is 11.3 Å². The molecule has 3 rings (SSSR count). The summed E-state index contributed by atoms with van der Waals surface area (Å²) in [7, 11) is 0. The van der Waals surface area contributed by atoms with E-state index in [1.165, 1.54) is 16.0 Å². The van der Waals surface area contributed by atoms with E-state index in [-0.39, 0.29) is 6.10 Å². The second-order valence-electron chi connectivity index (χ2n) is 3.96. The minimum absolute atomic E-state index is 0.324. The summed E-state index contributed by atoms with van der Waals surface area (Å²) in [6.07, 6.45) is 1.40. The average molecular weight is 216 g/mol. The Kier molecular flexibility index (Phi) is 2.11. The largest absolute Gasteiger partial charge is 0.388 e. The highest BCUT2D eigenvalue weighted by Crippen LogP contribution is 2.33. The topological polar surface area (TPSA) is 20.2 Å². The molecule has 1 unspecified atom stereocenters. The van der Waals surface area contributed by atoms with Gasteiger partial charge in [0.1, 0.15) is 0 Å². The Morgan fingerprint density at radius 2 is 1.93 bits per heavy atom. The SMILES string of the molecule is OC1Cc2ccccc2Cc2sccc21. The monoisotopic (exact) mass is 216 g/mol. The molecule has 0 spiro atoms. The van der Waals surface area contributed by atoms with Gasteiger partial charge in [-0.05, 0) is 28.1 Å². The van der Waals surface area contributed by atoms with Gasteiger partial charge in [0.15, 0.2) is 0 Å². The molecule has 76 valence electrons. The molecule has 1 nitrogen and oxygen atoms in total. The lowest BCUT2D eigenvalue weighted by atomic mass is 10.0. The van der Waals surface area contributed by atoms with Crippen LogP contribution in [0.4, 0.5) is 0 Å². The van der Waals surface area contributed by atoms with E-state index in [0.717, 1.165) is 18.4 Å². The van der Waals surface area contributed by atoms with Crippen LogP contribution in [0.2, 0.25) is 0 Å². The van der Waals surface area contributed by atoms with Crippen molar-refractivity contribution < 1.29 is 5.11 Å². The summed E-state index contributed by atoms with van der Waals surface area (Å²) < 4.78 is 0. The summed E-state index contributed by atoms with van der Waals surface area (Å²) in [5.41, 5.74) is 3.77. The van der Waals surface area contributed by atoms with E-state index in [0.29, 0.717) is 0 Å². The maximum Gasteiger partial charge on any atom is 0.0841 e. The van der Waals surface area contributed by atoms with Crippen molar-refractivity contribution >= 4 is 11.3 Å². The van der Waals surface area contributed by atoms with Crippen LogP contribution in [0.5, 0.6) is 0 Å². The second-order valence-corrected chi connectivity index (χ2v) is 4.97. The van der Waals surface area contributed by atoms with Crippen LogP contribution in [0.1, 0.15) is 27.7 Å². The fourth-order valence-corrected chi connectivity index (χ4v) is 3.17. The van der Waals surface area contributed by atoms with Gasteiger partial charge in [-0.2, -0.15) is 0 Å². The number of hydrogen-bond donors (Lipinski definition) is 1. The number of hydrogen-bond acceptors (Lipinski definition) is 2. The highest BCUT2D eigenvalue weighted by molar-refractivity contribution is 7.10. The fraction of sp³-hybridized carbons (Fsp3) is 0.231. The van der Waals surface area contributed by atoms with E-state index in [4.69, 9.17) is 0 Å². The molecule has 1 aromatic carbocycles. The first kappa shape index (κ1) is 9.13. The molecular formula is C13H12OS. The van der Waals surface area contributed by atoms with E-state index in [1.54, 1.807) is 11.3 Å². The maximum absolute atomic E-state index is 10.1. The molecular weight excluding hydrogens is 204 g/mol. The third kappa shape index (κ3) is 1.50. The molecule has 0 bridgehead atoms. The zero-order valence-corrected chi connectivity index (χ0v) is 9.13. The van der Waals surface area contributed by atoms with Crippen LogP contribution in [-0.2, 0) is 12.8 Å². The highest BCUT2D eigenvalue weighted by Gasteiger charge is 2.20. The third-order valence-corrected chi connectivity index (χ3v) is 3.96. The summed E-state index contributed by atoms with van der Waals surface area (Å²) >= 11 is 1.75. The Hall–Kier alpha value is -1.12. The molecule has 1 atom stereocenters. The first-order valence-corrected chi connectivity index (χ1v) is 6.03. The number of benzene rings is 1. The number of rotatable bonds is 0. The molecule has 0 saturated carbocycles. The Bertz CT molecular complexity index is 487. The normalized spacial score (nSPS) is 19.1. The van der Waals surface area contributed by atoms with Crippen molar-refractivity contribution in [1.82, 2.24) is 0 Å². The van der Waals surface area contributed by atoms with Gasteiger partial charge in [0, 0.05) is 17.7 Å². The van der Waals surface area contributed by atoms with Crippen molar-refractivity contribution in [3.05, 3.63) is 57.3 Å². The number of thiophene rings is 1. The zero-order chi connectivity index (χ0) is 10.3. The molecule has 1 aromatic heterocycles. The Morgan fingerprint density at radius 3 is 2.80 bits per heavy atom. The van der Waals surface area contributed by atoms with Crippen LogP contribution in [0.25, 0.3) is 0 Å². The lowest BCUT2D eigenvalue weighted by molar-refractivity contribution is 0.179. The highest BCUT2D eigenvalue weighted by atomic mass is 32.1. The molecule has 2 heteroatoms. The van der Waals surface area contributed by atoms with E-state index < -0.39 is 0 Å². The van der Waals surface area contributed by atoms with Crippen molar-refractivity contribution in [2.24, 2.45) is 0 Å². The van der Waals surface area contributed by atoms with Crippen molar-refractivity contribution in [3.8, 4) is 0 Å². The molecule has 1 heterocycles. The van der Waals surface area contributed by atoms with Crippen LogP contribution >= 0.6 is 11.3 Å². The summed E-state index contributed by atoms with van der Waals surface area (Å²) in [5, 5.41) is 12.2. The Labute approximate surface area is 93.0 Å². The van der Waals surface area contributed by atoms with Crippen LogP contribution < -0.4 is 0 Å². The lowest BCUT2D eigenvalue weighted by Gasteiger charge is -2.08. The first-order valence-electron chi connectivity index (χ1n) is 5.15. The first-order chi connectivity index (χ1) is 7.34. The van der Waals surface area contributed by atoms with Crippen LogP contribution in [0.3, 0.4) is 0 Å². The van der Waals surface area contributed by atoms with Gasteiger partial charge >= 0.3 is 0 Å². The molecule has 0 radical (unpaired) electrons. The van der Waals surface area contributed by atoms with E-state index in [2.05, 4.69) is 29.6 Å². The van der Waals surface area contributed by atoms with Gasteiger partial charge in [-0.1, -0.05) is 24.3 Å². The minimum Gasteiger partial charge on any atom is -0.388 e. The van der Waals surface area contributed by atoms with Gasteiger partial charge in [-0.25, -0.2) is 0 Å². The fourth-order valence-electron chi connectivity index (χ4n) is 2.21. The predicted octanol–water partition coefficient (Wildman–Crippen LogP) is 2.93. The Balaban J connectivity index is 2.14. The molecule has 0 saturated heterocycles. The van der Waals surface area contributed by atoms with Gasteiger partial charge in [0.2, 0.25) is 0 Å². The van der Waals surface area contributed by atoms with Crippen LogP contribution in [0, 0.1) is 0 Å². The molecule has 15 heavy (non-hydrogen) atoms. The molecule has 0 fully saturated rings. The maximum atomic E-state index is 10.1. The summed E-state index contributed by atoms with van der Waals surface area (Å²) in [5.74, 6) is 0. The summed E-state index contributed by atoms with van der Waals surface area (Å²) in [4.78, 5) is 1.31. The smallest absolute Gasteiger partial charge is 0.0841 e. The zero-order valence-electron chi connectivity index (χ0n) is 8.31. The number of aliphatic hydroxyl groups excluding tert-OH is 1. The van der Waals surface area contributed by atoms with Crippen molar-refractivity contribution in [3.63, 3.8) is 0 Å². The van der Waals surface area contributed by atoms with Gasteiger partial charge in [-0.3, -0.25) is 0 Å². The van der Waals surface area contributed by atoms with E-state index in [9.17, 15) is 5.11 Å². The van der Waals surface area contributed by atoms with Gasteiger partial charge < -0.3 is 5.11 Å². The minimum atomic E-state index is -0.324. The average Bonchev–Trinajstić information content (AvgIpc) is 2.64. The quantitative estimate of drug-likeness (QED) is 0.718. The van der Waals surface area contributed by atoms with Crippen molar-refractivity contribution in [1.29, 1.82) is 0 Å². The Morgan fingerprint density at radius 1 is 1.13 bits per heavy atom. The molecule has 1 aliphatic rings. The van der Waals surface area contributed by atoms with Crippen molar-refractivity contribution in [2.45, 2.75) is 18.9 Å². The van der Waals surface area contributed by atoms with Gasteiger partial charge in [0.25, 0.3) is 0 Å². The summed E-state index contributed by atoms with van der Waals surface area (Å²) in [6.45, 7) is 0. The molecule has 0 aliphatic heterocycles. The standard InChI is InChI=1S/C13H12OS/c14-12-7-9-3-1-2-4-10(9)8-13-11(12)5-6-15-13/h1-6,12,14H,7-8H2. The summed E-state index contributed by atoms with van der Waals surface area (Å²) in [6, 6.07) is 10.5. The van der Waals surface area contributed by atoms with Crippen LogP contribution in [-0.4, -0.2) is 5.11 Å². The second kappa shape index (κ2) is 3.47. The molecule has 1 N–H and O–H groups in total. The number of fused-ring (bicyclic) bond motifs is 2. The molecule has 2 aromatic rings. The molecule has 0 amide bonds.